The molecule has 1 aromatic rings. The summed E-state index contributed by atoms with van der Waals surface area (Å²) in [6, 6.07) is 2.17. The molecule has 0 fully saturated rings. The molecule has 0 spiro atoms. The van der Waals surface area contributed by atoms with E-state index in [-0.39, 0.29) is 11.5 Å². The third-order valence-electron chi connectivity index (χ3n) is 2.65. The minimum absolute atomic E-state index is 0.157. The largest absolute Gasteiger partial charge is 0.472 e. The maximum atomic E-state index is 6.12. The number of likely N-dealkylation sites (N-methyl/N-ethyl adjacent to an activating group) is 1. The monoisotopic (exact) mass is 210 g/mol. The number of hydrogen-bond donors (Lipinski definition) is 1. The van der Waals surface area contributed by atoms with E-state index in [2.05, 4.69) is 32.7 Å². The number of nitrogens with two attached hydrogens (primary N) is 1. The summed E-state index contributed by atoms with van der Waals surface area (Å²) in [4.78, 5) is 2.22. The molecule has 15 heavy (non-hydrogen) atoms. The van der Waals surface area contributed by atoms with E-state index in [9.17, 15) is 0 Å². The fraction of sp³-hybridized carbons (Fsp3) is 0.667. The summed E-state index contributed by atoms with van der Waals surface area (Å²) in [5, 5.41) is 0. The first-order chi connectivity index (χ1) is 6.89. The molecular formula is C12H22N2O. The topological polar surface area (TPSA) is 42.4 Å². The smallest absolute Gasteiger partial charge is 0.0947 e. The lowest BCUT2D eigenvalue weighted by Crippen LogP contribution is -2.43. The van der Waals surface area contributed by atoms with Crippen molar-refractivity contribution in [2.24, 2.45) is 11.1 Å². The standard InChI is InChI=1S/C12H22N2O/c1-12(2,3)11(13)8-14(4)7-10-5-6-15-9-10/h5-6,9,11H,7-8,13H2,1-4H3. The van der Waals surface area contributed by atoms with E-state index >= 15 is 0 Å². The summed E-state index contributed by atoms with van der Waals surface area (Å²) in [6.07, 6.45) is 3.48. The normalized spacial score (nSPS) is 14.5. The molecule has 0 bridgehead atoms. The van der Waals surface area contributed by atoms with Crippen molar-refractivity contribution >= 4 is 0 Å². The highest BCUT2D eigenvalue weighted by Crippen LogP contribution is 2.18. The molecule has 3 nitrogen and oxygen atoms in total. The Balaban J connectivity index is 2.39. The number of hydrogen-bond acceptors (Lipinski definition) is 3. The molecule has 0 radical (unpaired) electrons. The van der Waals surface area contributed by atoms with E-state index in [0.717, 1.165) is 13.1 Å². The van der Waals surface area contributed by atoms with Crippen molar-refractivity contribution in [3.63, 3.8) is 0 Å². The van der Waals surface area contributed by atoms with Crippen LogP contribution in [-0.4, -0.2) is 24.5 Å². The molecular weight excluding hydrogens is 188 g/mol. The predicted octanol–water partition coefficient (Wildman–Crippen LogP) is 2.08. The van der Waals surface area contributed by atoms with Crippen LogP contribution in [0.15, 0.2) is 23.0 Å². The van der Waals surface area contributed by atoms with Gasteiger partial charge in [0.05, 0.1) is 12.5 Å². The molecule has 2 N–H and O–H groups in total. The zero-order valence-corrected chi connectivity index (χ0v) is 10.2. The van der Waals surface area contributed by atoms with Crippen molar-refractivity contribution in [2.45, 2.75) is 33.4 Å². The highest BCUT2D eigenvalue weighted by atomic mass is 16.3. The van der Waals surface area contributed by atoms with Crippen molar-refractivity contribution < 1.29 is 4.42 Å². The summed E-state index contributed by atoms with van der Waals surface area (Å²) < 4.78 is 5.03. The van der Waals surface area contributed by atoms with E-state index in [4.69, 9.17) is 10.2 Å². The van der Waals surface area contributed by atoms with Crippen LogP contribution in [0.5, 0.6) is 0 Å². The Morgan fingerprint density at radius 1 is 1.47 bits per heavy atom. The van der Waals surface area contributed by atoms with Gasteiger partial charge in [0.25, 0.3) is 0 Å². The van der Waals surface area contributed by atoms with E-state index in [1.807, 2.05) is 6.07 Å². The van der Waals surface area contributed by atoms with Gasteiger partial charge in [0.15, 0.2) is 0 Å². The Kier molecular flexibility index (Phi) is 3.94. The van der Waals surface area contributed by atoms with E-state index < -0.39 is 0 Å². The summed E-state index contributed by atoms with van der Waals surface area (Å²) in [5.41, 5.74) is 7.47. The van der Waals surface area contributed by atoms with E-state index in [1.165, 1.54) is 5.56 Å². The van der Waals surface area contributed by atoms with Crippen molar-refractivity contribution in [1.29, 1.82) is 0 Å². The van der Waals surface area contributed by atoms with Gasteiger partial charge in [-0.1, -0.05) is 20.8 Å². The number of rotatable bonds is 4. The zero-order chi connectivity index (χ0) is 11.5. The van der Waals surface area contributed by atoms with Crippen LogP contribution >= 0.6 is 0 Å². The van der Waals surface area contributed by atoms with Gasteiger partial charge < -0.3 is 15.1 Å². The Morgan fingerprint density at radius 3 is 2.60 bits per heavy atom. The van der Waals surface area contributed by atoms with Crippen LogP contribution in [0.3, 0.4) is 0 Å². The molecule has 0 aromatic carbocycles. The molecule has 0 aliphatic heterocycles. The van der Waals surface area contributed by atoms with Gasteiger partial charge in [-0.15, -0.1) is 0 Å². The molecule has 0 saturated heterocycles. The maximum Gasteiger partial charge on any atom is 0.0947 e. The Morgan fingerprint density at radius 2 is 2.13 bits per heavy atom. The number of furan rings is 1. The highest BCUT2D eigenvalue weighted by Gasteiger charge is 2.21. The highest BCUT2D eigenvalue weighted by molar-refractivity contribution is 5.04. The van der Waals surface area contributed by atoms with Gasteiger partial charge >= 0.3 is 0 Å². The molecule has 0 aliphatic carbocycles. The average Bonchev–Trinajstić information content (AvgIpc) is 2.54. The van der Waals surface area contributed by atoms with E-state index in [0.29, 0.717) is 0 Å². The quantitative estimate of drug-likeness (QED) is 0.827. The summed E-state index contributed by atoms with van der Waals surface area (Å²) >= 11 is 0. The molecule has 1 aromatic heterocycles. The third-order valence-corrected chi connectivity index (χ3v) is 2.65. The van der Waals surface area contributed by atoms with Gasteiger partial charge in [-0.05, 0) is 18.5 Å². The van der Waals surface area contributed by atoms with Crippen molar-refractivity contribution in [3.8, 4) is 0 Å². The molecule has 1 rings (SSSR count). The van der Waals surface area contributed by atoms with Crippen LogP contribution in [0.1, 0.15) is 26.3 Å². The first-order valence-electron chi connectivity index (χ1n) is 5.35. The molecule has 1 unspecified atom stereocenters. The SMILES string of the molecule is CN(Cc1ccoc1)CC(N)C(C)(C)C. The Labute approximate surface area is 92.2 Å². The molecule has 1 heterocycles. The lowest BCUT2D eigenvalue weighted by Gasteiger charge is -2.30. The first kappa shape index (κ1) is 12.3. The first-order valence-corrected chi connectivity index (χ1v) is 5.35. The lowest BCUT2D eigenvalue weighted by molar-refractivity contribution is 0.222. The zero-order valence-electron chi connectivity index (χ0n) is 10.2. The van der Waals surface area contributed by atoms with Crippen LogP contribution in [0.25, 0.3) is 0 Å². The third kappa shape index (κ3) is 4.06. The van der Waals surface area contributed by atoms with Gasteiger partial charge in [0, 0.05) is 24.7 Å². The van der Waals surface area contributed by atoms with Crippen LogP contribution in [0.2, 0.25) is 0 Å². The Bertz CT molecular complexity index is 274. The van der Waals surface area contributed by atoms with Gasteiger partial charge in [0.2, 0.25) is 0 Å². The van der Waals surface area contributed by atoms with Crippen molar-refractivity contribution in [2.75, 3.05) is 13.6 Å². The van der Waals surface area contributed by atoms with Crippen LogP contribution in [-0.2, 0) is 6.54 Å². The lowest BCUT2D eigenvalue weighted by atomic mass is 9.87. The average molecular weight is 210 g/mol. The van der Waals surface area contributed by atoms with Gasteiger partial charge in [-0.3, -0.25) is 0 Å². The summed E-state index contributed by atoms with van der Waals surface area (Å²) in [7, 11) is 2.08. The van der Waals surface area contributed by atoms with Gasteiger partial charge in [0.1, 0.15) is 0 Å². The fourth-order valence-electron chi connectivity index (χ4n) is 1.37. The van der Waals surface area contributed by atoms with Gasteiger partial charge in [-0.25, -0.2) is 0 Å². The summed E-state index contributed by atoms with van der Waals surface area (Å²) in [5.74, 6) is 0. The minimum atomic E-state index is 0.157. The second-order valence-corrected chi connectivity index (χ2v) is 5.30. The predicted molar refractivity (Wildman–Crippen MR) is 62.5 cm³/mol. The Hall–Kier alpha value is -0.800. The fourth-order valence-corrected chi connectivity index (χ4v) is 1.37. The maximum absolute atomic E-state index is 6.12. The minimum Gasteiger partial charge on any atom is -0.472 e. The molecule has 3 heteroatoms. The van der Waals surface area contributed by atoms with Crippen molar-refractivity contribution in [3.05, 3.63) is 24.2 Å². The summed E-state index contributed by atoms with van der Waals surface area (Å²) in [6.45, 7) is 8.30. The van der Waals surface area contributed by atoms with Crippen LogP contribution < -0.4 is 5.73 Å². The van der Waals surface area contributed by atoms with Crippen LogP contribution in [0.4, 0.5) is 0 Å². The molecule has 0 saturated carbocycles. The molecule has 1 atom stereocenters. The van der Waals surface area contributed by atoms with Crippen LogP contribution in [0, 0.1) is 5.41 Å². The second kappa shape index (κ2) is 4.81. The van der Waals surface area contributed by atoms with E-state index in [1.54, 1.807) is 12.5 Å². The second-order valence-electron chi connectivity index (χ2n) is 5.30. The van der Waals surface area contributed by atoms with Crippen molar-refractivity contribution in [1.82, 2.24) is 4.90 Å². The molecule has 0 aliphatic rings. The number of nitrogens with zero attached hydrogens (tertiary/aromatic N) is 1. The van der Waals surface area contributed by atoms with Gasteiger partial charge in [-0.2, -0.15) is 0 Å². The molecule has 0 amide bonds. The molecule has 86 valence electrons.